The lowest BCUT2D eigenvalue weighted by molar-refractivity contribution is 0.0694. The summed E-state index contributed by atoms with van der Waals surface area (Å²) < 4.78 is 5.50. The van der Waals surface area contributed by atoms with E-state index in [-0.39, 0.29) is 11.3 Å². The zero-order valence-corrected chi connectivity index (χ0v) is 10.6. The van der Waals surface area contributed by atoms with E-state index in [1.807, 2.05) is 14.1 Å². The first-order valence-corrected chi connectivity index (χ1v) is 5.58. The van der Waals surface area contributed by atoms with E-state index in [0.29, 0.717) is 11.8 Å². The third-order valence-corrected chi connectivity index (χ3v) is 2.35. The summed E-state index contributed by atoms with van der Waals surface area (Å²) in [7, 11) is 3.62. The minimum Gasteiger partial charge on any atom is -0.478 e. The fourth-order valence-electron chi connectivity index (χ4n) is 1.45. The Balaban J connectivity index is 2.31. The largest absolute Gasteiger partial charge is 0.478 e. The van der Waals surface area contributed by atoms with Crippen LogP contribution in [0, 0.1) is 0 Å². The standard InChI is InChI=1S/C13H13N3O3/c1-16(2)13-14-8-7-11(15-13)19-10-6-4-3-5-9(10)12(17)18/h3-8H,1-2H3,(H,17,18). The highest BCUT2D eigenvalue weighted by Gasteiger charge is 2.12. The molecule has 0 fully saturated rings. The SMILES string of the molecule is CN(C)c1nccc(Oc2ccccc2C(=O)O)n1. The van der Waals surface area contributed by atoms with Gasteiger partial charge in [-0.05, 0) is 12.1 Å². The first-order chi connectivity index (χ1) is 9.08. The number of ether oxygens (including phenoxy) is 1. The van der Waals surface area contributed by atoms with E-state index in [0.717, 1.165) is 0 Å². The molecule has 1 heterocycles. The number of nitrogens with zero attached hydrogens (tertiary/aromatic N) is 3. The topological polar surface area (TPSA) is 75.6 Å². The van der Waals surface area contributed by atoms with E-state index in [2.05, 4.69) is 9.97 Å². The molecule has 0 aliphatic heterocycles. The quantitative estimate of drug-likeness (QED) is 0.905. The van der Waals surface area contributed by atoms with Gasteiger partial charge < -0.3 is 14.7 Å². The van der Waals surface area contributed by atoms with Gasteiger partial charge in [0.15, 0.2) is 0 Å². The molecule has 6 heteroatoms. The Morgan fingerprint density at radius 3 is 2.68 bits per heavy atom. The molecule has 0 unspecified atom stereocenters. The first kappa shape index (κ1) is 12.8. The molecule has 0 spiro atoms. The van der Waals surface area contributed by atoms with Gasteiger partial charge in [0.1, 0.15) is 11.3 Å². The minimum atomic E-state index is -1.04. The molecule has 0 saturated carbocycles. The highest BCUT2D eigenvalue weighted by molar-refractivity contribution is 5.90. The van der Waals surface area contributed by atoms with Crippen molar-refractivity contribution in [1.82, 2.24) is 9.97 Å². The molecule has 0 aliphatic carbocycles. The zero-order valence-electron chi connectivity index (χ0n) is 10.6. The fourth-order valence-corrected chi connectivity index (χ4v) is 1.45. The summed E-state index contributed by atoms with van der Waals surface area (Å²) in [5.74, 6) is -0.00592. The van der Waals surface area contributed by atoms with E-state index >= 15 is 0 Å². The van der Waals surface area contributed by atoms with Gasteiger partial charge in [-0.2, -0.15) is 4.98 Å². The van der Waals surface area contributed by atoms with Gasteiger partial charge in [-0.25, -0.2) is 9.78 Å². The Morgan fingerprint density at radius 1 is 1.26 bits per heavy atom. The van der Waals surface area contributed by atoms with E-state index in [4.69, 9.17) is 9.84 Å². The van der Waals surface area contributed by atoms with Gasteiger partial charge in [-0.3, -0.25) is 0 Å². The normalized spacial score (nSPS) is 10.0. The number of aromatic nitrogens is 2. The molecule has 0 radical (unpaired) electrons. The number of benzene rings is 1. The molecular weight excluding hydrogens is 246 g/mol. The summed E-state index contributed by atoms with van der Waals surface area (Å²) >= 11 is 0. The molecule has 6 nitrogen and oxygen atoms in total. The van der Waals surface area contributed by atoms with Crippen LogP contribution in [0.1, 0.15) is 10.4 Å². The van der Waals surface area contributed by atoms with Gasteiger partial charge in [0.05, 0.1) is 0 Å². The molecular formula is C13H13N3O3. The average Bonchev–Trinajstić information content (AvgIpc) is 2.39. The van der Waals surface area contributed by atoms with Crippen molar-refractivity contribution in [2.24, 2.45) is 0 Å². The number of carboxylic acids is 1. The number of para-hydroxylation sites is 1. The van der Waals surface area contributed by atoms with Crippen LogP contribution in [-0.4, -0.2) is 35.1 Å². The first-order valence-electron chi connectivity index (χ1n) is 5.58. The van der Waals surface area contributed by atoms with Crippen LogP contribution < -0.4 is 9.64 Å². The van der Waals surface area contributed by atoms with Gasteiger partial charge in [0, 0.05) is 26.4 Å². The van der Waals surface area contributed by atoms with Crippen LogP contribution in [0.3, 0.4) is 0 Å². The van der Waals surface area contributed by atoms with E-state index in [1.54, 1.807) is 35.4 Å². The van der Waals surface area contributed by atoms with Gasteiger partial charge >= 0.3 is 5.97 Å². The van der Waals surface area contributed by atoms with Crippen molar-refractivity contribution in [3.05, 3.63) is 42.1 Å². The Kier molecular flexibility index (Phi) is 3.61. The Labute approximate surface area is 110 Å². The summed E-state index contributed by atoms with van der Waals surface area (Å²) in [6.45, 7) is 0. The molecule has 0 atom stereocenters. The van der Waals surface area contributed by atoms with Crippen LogP contribution in [0.2, 0.25) is 0 Å². The van der Waals surface area contributed by atoms with Crippen LogP contribution in [-0.2, 0) is 0 Å². The van der Waals surface area contributed by atoms with Gasteiger partial charge in [0.25, 0.3) is 0 Å². The van der Waals surface area contributed by atoms with Crippen molar-refractivity contribution in [2.75, 3.05) is 19.0 Å². The van der Waals surface area contributed by atoms with Crippen molar-refractivity contribution in [3.63, 3.8) is 0 Å². The molecule has 0 aliphatic rings. The molecule has 1 N–H and O–H groups in total. The van der Waals surface area contributed by atoms with Crippen LogP contribution in [0.5, 0.6) is 11.6 Å². The number of anilines is 1. The highest BCUT2D eigenvalue weighted by Crippen LogP contribution is 2.24. The average molecular weight is 259 g/mol. The van der Waals surface area contributed by atoms with Crippen molar-refractivity contribution in [2.45, 2.75) is 0 Å². The predicted octanol–water partition coefficient (Wildman–Crippen LogP) is 2.03. The lowest BCUT2D eigenvalue weighted by Gasteiger charge is -2.12. The maximum Gasteiger partial charge on any atom is 0.339 e. The highest BCUT2D eigenvalue weighted by atomic mass is 16.5. The van der Waals surface area contributed by atoms with Crippen LogP contribution >= 0.6 is 0 Å². The molecule has 98 valence electrons. The van der Waals surface area contributed by atoms with Gasteiger partial charge in [-0.15, -0.1) is 0 Å². The van der Waals surface area contributed by atoms with Gasteiger partial charge in [0.2, 0.25) is 11.8 Å². The second-order valence-corrected chi connectivity index (χ2v) is 3.99. The van der Waals surface area contributed by atoms with Crippen molar-refractivity contribution < 1.29 is 14.6 Å². The monoisotopic (exact) mass is 259 g/mol. The van der Waals surface area contributed by atoms with Crippen molar-refractivity contribution >= 4 is 11.9 Å². The Morgan fingerprint density at radius 2 is 2.00 bits per heavy atom. The lowest BCUT2D eigenvalue weighted by atomic mass is 10.2. The number of carboxylic acid groups (broad SMARTS) is 1. The molecule has 1 aromatic heterocycles. The Hall–Kier alpha value is -2.63. The predicted molar refractivity (Wildman–Crippen MR) is 69.8 cm³/mol. The summed E-state index contributed by atoms with van der Waals surface area (Å²) in [5.41, 5.74) is 0.0903. The third kappa shape index (κ3) is 2.98. The molecule has 19 heavy (non-hydrogen) atoms. The van der Waals surface area contributed by atoms with Crippen LogP contribution in [0.15, 0.2) is 36.5 Å². The van der Waals surface area contributed by atoms with E-state index < -0.39 is 5.97 Å². The zero-order chi connectivity index (χ0) is 13.8. The van der Waals surface area contributed by atoms with Gasteiger partial charge in [-0.1, -0.05) is 12.1 Å². The number of hydrogen-bond acceptors (Lipinski definition) is 5. The summed E-state index contributed by atoms with van der Waals surface area (Å²) in [4.78, 5) is 21.0. The van der Waals surface area contributed by atoms with E-state index in [9.17, 15) is 4.79 Å². The molecule has 0 saturated heterocycles. The molecule has 0 amide bonds. The van der Waals surface area contributed by atoms with E-state index in [1.165, 1.54) is 6.07 Å². The smallest absolute Gasteiger partial charge is 0.339 e. The summed E-state index contributed by atoms with van der Waals surface area (Å²) in [6.07, 6.45) is 1.56. The summed E-state index contributed by atoms with van der Waals surface area (Å²) in [6, 6.07) is 7.98. The molecule has 0 bridgehead atoms. The molecule has 1 aromatic carbocycles. The summed E-state index contributed by atoms with van der Waals surface area (Å²) in [5, 5.41) is 9.07. The fraction of sp³-hybridized carbons (Fsp3) is 0.154. The van der Waals surface area contributed by atoms with Crippen molar-refractivity contribution in [3.8, 4) is 11.6 Å². The lowest BCUT2D eigenvalue weighted by Crippen LogP contribution is -2.12. The van der Waals surface area contributed by atoms with Crippen molar-refractivity contribution in [1.29, 1.82) is 0 Å². The maximum absolute atomic E-state index is 11.1. The minimum absolute atomic E-state index is 0.0903. The second kappa shape index (κ2) is 5.34. The molecule has 2 aromatic rings. The van der Waals surface area contributed by atoms with Crippen LogP contribution in [0.25, 0.3) is 0 Å². The molecule has 2 rings (SSSR count). The van der Waals surface area contributed by atoms with Crippen LogP contribution in [0.4, 0.5) is 5.95 Å². The number of rotatable bonds is 4. The second-order valence-electron chi connectivity index (χ2n) is 3.99. The number of aromatic carboxylic acids is 1. The number of hydrogen-bond donors (Lipinski definition) is 1. The number of carbonyl (C=O) groups is 1. The Bertz CT molecular complexity index is 599. The maximum atomic E-state index is 11.1. The third-order valence-electron chi connectivity index (χ3n) is 2.35.